The first-order valence-electron chi connectivity index (χ1n) is 9.52. The number of alkyl halides is 3. The highest BCUT2D eigenvalue weighted by Gasteiger charge is 2.32. The van der Waals surface area contributed by atoms with Gasteiger partial charge in [0.05, 0.1) is 5.56 Å². The van der Waals surface area contributed by atoms with Crippen molar-refractivity contribution in [3.8, 4) is 16.9 Å². The van der Waals surface area contributed by atoms with E-state index in [0.29, 0.717) is 5.56 Å². The molecule has 6 nitrogen and oxygen atoms in total. The molecule has 1 aliphatic rings. The van der Waals surface area contributed by atoms with E-state index in [1.54, 1.807) is 0 Å². The zero-order valence-corrected chi connectivity index (χ0v) is 16.0. The summed E-state index contributed by atoms with van der Waals surface area (Å²) in [6.07, 6.45) is 0.128. The second-order valence-electron chi connectivity index (χ2n) is 7.07. The van der Waals surface area contributed by atoms with Gasteiger partial charge < -0.3 is 20.5 Å². The van der Waals surface area contributed by atoms with Crippen molar-refractivity contribution in [1.29, 1.82) is 0 Å². The number of carboxylic acids is 1. The zero-order chi connectivity index (χ0) is 21.7. The van der Waals surface area contributed by atoms with E-state index in [4.69, 9.17) is 5.11 Å². The molecule has 0 radical (unpaired) electrons. The van der Waals surface area contributed by atoms with Crippen LogP contribution in [0.3, 0.4) is 0 Å². The van der Waals surface area contributed by atoms with Gasteiger partial charge in [0.1, 0.15) is 5.75 Å². The molecular formula is C21H21F3N2O4. The number of aromatic carboxylic acids is 1. The summed E-state index contributed by atoms with van der Waals surface area (Å²) >= 11 is 0. The van der Waals surface area contributed by atoms with Gasteiger partial charge in [0, 0.05) is 17.3 Å². The maximum atomic E-state index is 12.8. The molecule has 2 aromatic carbocycles. The molecule has 0 aliphatic heterocycles. The number of hydrogen-bond donors (Lipinski definition) is 3. The van der Waals surface area contributed by atoms with Crippen molar-refractivity contribution in [2.45, 2.75) is 44.5 Å². The number of carbonyl (C=O) groups is 2. The first-order chi connectivity index (χ1) is 14.2. The molecule has 0 saturated heterocycles. The topological polar surface area (TPSA) is 87.7 Å². The molecule has 2 aromatic rings. The predicted molar refractivity (Wildman–Crippen MR) is 105 cm³/mol. The molecule has 0 aromatic heterocycles. The Labute approximate surface area is 171 Å². The molecule has 0 atom stereocenters. The van der Waals surface area contributed by atoms with Gasteiger partial charge in [-0.15, -0.1) is 13.2 Å². The summed E-state index contributed by atoms with van der Waals surface area (Å²) in [5.74, 6) is -1.60. The van der Waals surface area contributed by atoms with Crippen LogP contribution < -0.4 is 15.4 Å². The lowest BCUT2D eigenvalue weighted by Gasteiger charge is -2.23. The maximum absolute atomic E-state index is 12.8. The summed E-state index contributed by atoms with van der Waals surface area (Å²) in [5.41, 5.74) is 0.670. The van der Waals surface area contributed by atoms with Crippen molar-refractivity contribution in [2.24, 2.45) is 0 Å². The van der Waals surface area contributed by atoms with E-state index >= 15 is 0 Å². The normalized spacial score (nSPS) is 14.8. The molecule has 0 unspecified atom stereocenters. The van der Waals surface area contributed by atoms with Crippen LogP contribution in [0.1, 0.15) is 42.5 Å². The van der Waals surface area contributed by atoms with Crippen LogP contribution in [-0.2, 0) is 0 Å². The fourth-order valence-electron chi connectivity index (χ4n) is 3.44. The fourth-order valence-corrected chi connectivity index (χ4v) is 3.44. The van der Waals surface area contributed by atoms with Gasteiger partial charge in [-0.2, -0.15) is 0 Å². The van der Waals surface area contributed by atoms with E-state index in [9.17, 15) is 22.8 Å². The maximum Gasteiger partial charge on any atom is 0.573 e. The molecule has 0 spiro atoms. The minimum atomic E-state index is -4.90. The van der Waals surface area contributed by atoms with Crippen molar-refractivity contribution in [1.82, 2.24) is 5.32 Å². The van der Waals surface area contributed by atoms with Gasteiger partial charge in [-0.1, -0.05) is 31.4 Å². The summed E-state index contributed by atoms with van der Waals surface area (Å²) in [6.45, 7) is 0. The number of carboxylic acid groups (broad SMARTS) is 1. The predicted octanol–water partition coefficient (Wildman–Crippen LogP) is 5.40. The van der Waals surface area contributed by atoms with E-state index < -0.39 is 24.1 Å². The Morgan fingerprint density at radius 1 is 1.00 bits per heavy atom. The number of amides is 2. The Bertz CT molecular complexity index is 907. The van der Waals surface area contributed by atoms with Crippen LogP contribution in [0.25, 0.3) is 11.1 Å². The molecule has 0 heterocycles. The van der Waals surface area contributed by atoms with Crippen molar-refractivity contribution >= 4 is 17.7 Å². The Kier molecular flexibility index (Phi) is 6.49. The third-order valence-electron chi connectivity index (χ3n) is 4.85. The number of carbonyl (C=O) groups excluding carboxylic acids is 1. The number of rotatable bonds is 5. The van der Waals surface area contributed by atoms with Crippen LogP contribution in [-0.4, -0.2) is 29.5 Å². The minimum Gasteiger partial charge on any atom is -0.478 e. The lowest BCUT2D eigenvalue weighted by Crippen LogP contribution is -2.39. The zero-order valence-electron chi connectivity index (χ0n) is 16.0. The second-order valence-corrected chi connectivity index (χ2v) is 7.07. The number of anilines is 1. The summed E-state index contributed by atoms with van der Waals surface area (Å²) in [5, 5.41) is 14.5. The van der Waals surface area contributed by atoms with Crippen LogP contribution in [0.5, 0.6) is 5.75 Å². The van der Waals surface area contributed by atoms with Gasteiger partial charge in [0.2, 0.25) is 0 Å². The molecule has 1 saturated carbocycles. The highest BCUT2D eigenvalue weighted by Crippen LogP contribution is 2.36. The first kappa shape index (κ1) is 21.5. The number of ether oxygens (including phenoxy) is 1. The molecule has 160 valence electrons. The molecule has 1 aliphatic carbocycles. The average Bonchev–Trinajstić information content (AvgIpc) is 2.69. The molecule has 3 N–H and O–H groups in total. The molecule has 2 amide bonds. The number of benzene rings is 2. The Hall–Kier alpha value is -3.23. The number of nitrogens with one attached hydrogen (secondary N) is 2. The van der Waals surface area contributed by atoms with E-state index in [2.05, 4.69) is 15.4 Å². The quantitative estimate of drug-likeness (QED) is 0.602. The summed E-state index contributed by atoms with van der Waals surface area (Å²) in [6, 6.07) is 8.77. The van der Waals surface area contributed by atoms with E-state index in [0.717, 1.165) is 38.2 Å². The number of hydrogen-bond acceptors (Lipinski definition) is 3. The van der Waals surface area contributed by atoms with Gasteiger partial charge in [-0.05, 0) is 48.7 Å². The summed E-state index contributed by atoms with van der Waals surface area (Å²) in [4.78, 5) is 23.3. The van der Waals surface area contributed by atoms with Crippen molar-refractivity contribution in [3.63, 3.8) is 0 Å². The number of urea groups is 1. The molecule has 0 bridgehead atoms. The van der Waals surface area contributed by atoms with Crippen LogP contribution >= 0.6 is 0 Å². The second kappa shape index (κ2) is 9.06. The largest absolute Gasteiger partial charge is 0.573 e. The summed E-state index contributed by atoms with van der Waals surface area (Å²) < 4.78 is 42.5. The highest BCUT2D eigenvalue weighted by molar-refractivity contribution is 5.91. The van der Waals surface area contributed by atoms with Gasteiger partial charge in [-0.25, -0.2) is 9.59 Å². The SMILES string of the molecule is O=C(Nc1ccc(OC(F)(F)F)c(-c2ccc(C(=O)O)cc2)c1)NC1CCCCC1. The van der Waals surface area contributed by atoms with Crippen molar-refractivity contribution < 1.29 is 32.6 Å². The van der Waals surface area contributed by atoms with Crippen molar-refractivity contribution in [3.05, 3.63) is 48.0 Å². The number of halogens is 3. The van der Waals surface area contributed by atoms with E-state index in [1.807, 2.05) is 0 Å². The monoisotopic (exact) mass is 422 g/mol. The smallest absolute Gasteiger partial charge is 0.478 e. The standard InChI is InChI=1S/C21H21F3N2O4/c22-21(23,24)30-18-11-10-16(26-20(29)25-15-4-2-1-3-5-15)12-17(18)13-6-8-14(9-7-13)19(27)28/h6-12,15H,1-5H2,(H,27,28)(H2,25,26,29). The van der Waals surface area contributed by atoms with E-state index in [-0.39, 0.29) is 22.9 Å². The Morgan fingerprint density at radius 2 is 1.67 bits per heavy atom. The first-order valence-corrected chi connectivity index (χ1v) is 9.52. The van der Waals surface area contributed by atoms with Crippen LogP contribution in [0.4, 0.5) is 23.7 Å². The molecule has 3 rings (SSSR count). The molecule has 1 fully saturated rings. The Balaban J connectivity index is 1.84. The van der Waals surface area contributed by atoms with E-state index in [1.165, 1.54) is 36.4 Å². The van der Waals surface area contributed by atoms with Crippen LogP contribution in [0.15, 0.2) is 42.5 Å². The third-order valence-corrected chi connectivity index (χ3v) is 4.85. The lowest BCUT2D eigenvalue weighted by atomic mass is 9.96. The molecule has 9 heteroatoms. The Morgan fingerprint density at radius 3 is 2.27 bits per heavy atom. The van der Waals surface area contributed by atoms with Crippen LogP contribution in [0, 0.1) is 0 Å². The fraction of sp³-hybridized carbons (Fsp3) is 0.333. The van der Waals surface area contributed by atoms with Crippen molar-refractivity contribution in [2.75, 3.05) is 5.32 Å². The molecular weight excluding hydrogens is 401 g/mol. The summed E-state index contributed by atoms with van der Waals surface area (Å²) in [7, 11) is 0. The van der Waals surface area contributed by atoms with Gasteiger partial charge in [-0.3, -0.25) is 0 Å². The molecule has 30 heavy (non-hydrogen) atoms. The highest BCUT2D eigenvalue weighted by atomic mass is 19.4. The average molecular weight is 422 g/mol. The van der Waals surface area contributed by atoms with Gasteiger partial charge in [0.25, 0.3) is 0 Å². The third kappa shape index (κ3) is 5.88. The minimum absolute atomic E-state index is 0.00169. The van der Waals surface area contributed by atoms with Gasteiger partial charge >= 0.3 is 18.4 Å². The van der Waals surface area contributed by atoms with Gasteiger partial charge in [0.15, 0.2) is 0 Å². The lowest BCUT2D eigenvalue weighted by molar-refractivity contribution is -0.274. The van der Waals surface area contributed by atoms with Crippen LogP contribution in [0.2, 0.25) is 0 Å².